The van der Waals surface area contributed by atoms with Gasteiger partial charge in [-0.05, 0) is 41.7 Å². The number of fused-ring (bicyclic) bond motifs is 2. The lowest BCUT2D eigenvalue weighted by molar-refractivity contribution is -0.148. The molecule has 0 spiro atoms. The van der Waals surface area contributed by atoms with Crippen molar-refractivity contribution in [1.29, 1.82) is 0 Å². The van der Waals surface area contributed by atoms with Crippen LogP contribution in [0.3, 0.4) is 0 Å². The Labute approximate surface area is 215 Å². The summed E-state index contributed by atoms with van der Waals surface area (Å²) in [5.41, 5.74) is 3.17. The van der Waals surface area contributed by atoms with Crippen molar-refractivity contribution < 1.29 is 28.6 Å². The summed E-state index contributed by atoms with van der Waals surface area (Å²) < 4.78 is 11.1. The standard InChI is InChI=1S/C29H30N2O6/c32-27(30-16-18-8-10-20(11-9-18)19-5-2-1-3-6-19)21(15-22-7-4-14-36-22)17-31-28(33)25-23-12-13-24(37-23)26(25)29(34)35/h1-11,14,21,23-26H,12-13,15-17H2,(H,30,32)(H,31,33)(H,34,35)/t21?,23-,24+,25-,26+/m1/s1. The highest BCUT2D eigenvalue weighted by atomic mass is 16.5. The van der Waals surface area contributed by atoms with Crippen LogP contribution in [0, 0.1) is 17.8 Å². The average molecular weight is 503 g/mol. The van der Waals surface area contributed by atoms with E-state index >= 15 is 0 Å². The number of ether oxygens (including phenoxy) is 1. The molecule has 2 amide bonds. The van der Waals surface area contributed by atoms with Gasteiger partial charge in [-0.25, -0.2) is 0 Å². The Balaban J connectivity index is 1.20. The minimum Gasteiger partial charge on any atom is -0.481 e. The Hall–Kier alpha value is -3.91. The fourth-order valence-electron chi connectivity index (χ4n) is 5.37. The maximum Gasteiger partial charge on any atom is 0.310 e. The largest absolute Gasteiger partial charge is 0.481 e. The van der Waals surface area contributed by atoms with Crippen LogP contribution in [0.5, 0.6) is 0 Å². The first-order valence-corrected chi connectivity index (χ1v) is 12.6. The van der Waals surface area contributed by atoms with Gasteiger partial charge < -0.3 is 24.9 Å². The molecule has 3 N–H and O–H groups in total. The lowest BCUT2D eigenvalue weighted by atomic mass is 9.78. The van der Waals surface area contributed by atoms with E-state index in [4.69, 9.17) is 9.15 Å². The molecule has 2 aliphatic rings. The molecule has 5 atom stereocenters. The summed E-state index contributed by atoms with van der Waals surface area (Å²) in [6.07, 6.45) is 2.37. The van der Waals surface area contributed by atoms with Crippen LogP contribution in [-0.4, -0.2) is 41.6 Å². The minimum atomic E-state index is -1.02. The van der Waals surface area contributed by atoms with Gasteiger partial charge in [-0.2, -0.15) is 0 Å². The van der Waals surface area contributed by atoms with Crippen LogP contribution in [-0.2, 0) is 32.1 Å². The molecule has 37 heavy (non-hydrogen) atoms. The molecule has 192 valence electrons. The topological polar surface area (TPSA) is 118 Å². The molecule has 2 bridgehead atoms. The highest BCUT2D eigenvalue weighted by molar-refractivity contribution is 5.87. The quantitative estimate of drug-likeness (QED) is 0.391. The normalized spacial score (nSPS) is 22.9. The van der Waals surface area contributed by atoms with Gasteiger partial charge in [0.2, 0.25) is 11.8 Å². The van der Waals surface area contributed by atoms with Crippen LogP contribution in [0.4, 0.5) is 0 Å². The predicted molar refractivity (Wildman–Crippen MR) is 135 cm³/mol. The first-order chi connectivity index (χ1) is 18.0. The lowest BCUT2D eigenvalue weighted by Gasteiger charge is -2.25. The summed E-state index contributed by atoms with van der Waals surface area (Å²) >= 11 is 0. The molecule has 5 rings (SSSR count). The van der Waals surface area contributed by atoms with Crippen molar-refractivity contribution in [2.24, 2.45) is 17.8 Å². The molecule has 0 saturated carbocycles. The fourth-order valence-corrected chi connectivity index (χ4v) is 5.37. The number of hydrogen-bond acceptors (Lipinski definition) is 5. The second-order valence-corrected chi connectivity index (χ2v) is 9.69. The number of carbonyl (C=O) groups is 3. The van der Waals surface area contributed by atoms with Crippen LogP contribution in [0.15, 0.2) is 77.4 Å². The molecule has 1 unspecified atom stereocenters. The fraction of sp³-hybridized carbons (Fsp3) is 0.345. The second kappa shape index (κ2) is 11.0. The van der Waals surface area contributed by atoms with E-state index in [1.54, 1.807) is 18.4 Å². The van der Waals surface area contributed by atoms with Crippen molar-refractivity contribution >= 4 is 17.8 Å². The summed E-state index contributed by atoms with van der Waals surface area (Å²) in [6.45, 7) is 0.413. The summed E-state index contributed by atoms with van der Waals surface area (Å²) in [7, 11) is 0. The minimum absolute atomic E-state index is 0.0680. The SMILES string of the molecule is O=C(NCc1ccc(-c2ccccc2)cc1)C(CNC(=O)[C@H]1[C@@H](C(=O)O)[C@@H]2CC[C@H]1O2)Cc1ccco1. The zero-order valence-electron chi connectivity index (χ0n) is 20.3. The maximum atomic E-state index is 13.1. The number of carboxylic acids is 1. The highest BCUT2D eigenvalue weighted by Crippen LogP contribution is 2.43. The number of amides is 2. The van der Waals surface area contributed by atoms with Crippen LogP contribution in [0.1, 0.15) is 24.2 Å². The smallest absolute Gasteiger partial charge is 0.310 e. The number of furan rings is 1. The molecular formula is C29H30N2O6. The molecule has 2 saturated heterocycles. The van der Waals surface area contributed by atoms with Gasteiger partial charge in [0.05, 0.1) is 36.2 Å². The summed E-state index contributed by atoms with van der Waals surface area (Å²) in [5, 5.41) is 15.4. The van der Waals surface area contributed by atoms with Crippen LogP contribution < -0.4 is 10.6 Å². The molecule has 0 radical (unpaired) electrons. The third-order valence-electron chi connectivity index (χ3n) is 7.31. The molecule has 3 aromatic rings. The van der Waals surface area contributed by atoms with E-state index < -0.39 is 29.8 Å². The second-order valence-electron chi connectivity index (χ2n) is 9.69. The van der Waals surface area contributed by atoms with E-state index in [1.165, 1.54) is 0 Å². The number of hydrogen-bond donors (Lipinski definition) is 3. The molecule has 3 heterocycles. The monoisotopic (exact) mass is 502 g/mol. The molecule has 0 aliphatic carbocycles. The average Bonchev–Trinajstić information content (AvgIpc) is 3.68. The number of aliphatic carboxylic acids is 1. The third kappa shape index (κ3) is 5.59. The van der Waals surface area contributed by atoms with Crippen molar-refractivity contribution in [2.45, 2.75) is 38.0 Å². The van der Waals surface area contributed by atoms with E-state index in [9.17, 15) is 19.5 Å². The first kappa shape index (κ1) is 24.8. The van der Waals surface area contributed by atoms with Gasteiger partial charge in [0.25, 0.3) is 0 Å². The molecular weight excluding hydrogens is 472 g/mol. The van der Waals surface area contributed by atoms with E-state index in [0.717, 1.165) is 16.7 Å². The van der Waals surface area contributed by atoms with Crippen molar-refractivity contribution in [3.05, 3.63) is 84.3 Å². The van der Waals surface area contributed by atoms with Crippen molar-refractivity contribution in [2.75, 3.05) is 6.54 Å². The van der Waals surface area contributed by atoms with Crippen molar-refractivity contribution in [3.8, 4) is 11.1 Å². The molecule has 8 heteroatoms. The summed E-state index contributed by atoms with van der Waals surface area (Å²) in [6, 6.07) is 21.6. The summed E-state index contributed by atoms with van der Waals surface area (Å²) in [4.78, 5) is 37.9. The molecule has 2 aliphatic heterocycles. The van der Waals surface area contributed by atoms with Crippen LogP contribution >= 0.6 is 0 Å². The molecule has 8 nitrogen and oxygen atoms in total. The number of nitrogens with one attached hydrogen (secondary N) is 2. The predicted octanol–water partition coefficient (Wildman–Crippen LogP) is 3.42. The Morgan fingerprint density at radius 1 is 0.865 bits per heavy atom. The van der Waals surface area contributed by atoms with Crippen LogP contribution in [0.25, 0.3) is 11.1 Å². The molecule has 1 aromatic heterocycles. The third-order valence-corrected chi connectivity index (χ3v) is 7.31. The number of carboxylic acid groups (broad SMARTS) is 1. The van der Waals surface area contributed by atoms with Gasteiger partial charge in [0, 0.05) is 19.5 Å². The van der Waals surface area contributed by atoms with Gasteiger partial charge in [0.1, 0.15) is 5.76 Å². The zero-order chi connectivity index (χ0) is 25.8. The van der Waals surface area contributed by atoms with E-state index in [-0.39, 0.29) is 24.5 Å². The number of carbonyl (C=O) groups excluding carboxylic acids is 2. The van der Waals surface area contributed by atoms with Crippen LogP contribution in [0.2, 0.25) is 0 Å². The maximum absolute atomic E-state index is 13.1. The van der Waals surface area contributed by atoms with E-state index in [1.807, 2.05) is 54.6 Å². The van der Waals surface area contributed by atoms with Gasteiger partial charge in [-0.15, -0.1) is 0 Å². The van der Waals surface area contributed by atoms with Gasteiger partial charge in [0.15, 0.2) is 0 Å². The lowest BCUT2D eigenvalue weighted by Crippen LogP contribution is -2.47. The first-order valence-electron chi connectivity index (χ1n) is 12.6. The van der Waals surface area contributed by atoms with Gasteiger partial charge in [-0.3, -0.25) is 14.4 Å². The van der Waals surface area contributed by atoms with Gasteiger partial charge in [-0.1, -0.05) is 54.6 Å². The van der Waals surface area contributed by atoms with E-state index in [0.29, 0.717) is 31.6 Å². The molecule has 2 fully saturated rings. The Morgan fingerprint density at radius 2 is 1.57 bits per heavy atom. The van der Waals surface area contributed by atoms with Crippen molar-refractivity contribution in [1.82, 2.24) is 10.6 Å². The Bertz CT molecular complexity index is 1230. The summed E-state index contributed by atoms with van der Waals surface area (Å²) in [5.74, 6) is -3.16. The molecule has 2 aromatic carbocycles. The Morgan fingerprint density at radius 3 is 2.24 bits per heavy atom. The Kier molecular flexibility index (Phi) is 7.37. The number of benzene rings is 2. The zero-order valence-corrected chi connectivity index (χ0v) is 20.3. The number of rotatable bonds is 10. The highest BCUT2D eigenvalue weighted by Gasteiger charge is 2.55. The van der Waals surface area contributed by atoms with Gasteiger partial charge >= 0.3 is 5.97 Å². The van der Waals surface area contributed by atoms with E-state index in [2.05, 4.69) is 10.6 Å². The van der Waals surface area contributed by atoms with Crippen molar-refractivity contribution in [3.63, 3.8) is 0 Å².